The molecule has 6 nitrogen and oxygen atoms in total. The third kappa shape index (κ3) is 4.88. The first-order valence-electron chi connectivity index (χ1n) is 10.7. The van der Waals surface area contributed by atoms with Gasteiger partial charge in [-0.3, -0.25) is 9.67 Å². The molecule has 1 N–H and O–H groups in total. The van der Waals surface area contributed by atoms with Crippen LogP contribution in [0, 0.1) is 0 Å². The van der Waals surface area contributed by atoms with Gasteiger partial charge in [0.05, 0.1) is 22.1 Å². The molecule has 0 bridgehead atoms. The number of pyridine rings is 1. The summed E-state index contributed by atoms with van der Waals surface area (Å²) < 4.78 is 33.5. The molecule has 0 saturated heterocycles. The topological polar surface area (TPSA) is 64.9 Å². The lowest BCUT2D eigenvalue weighted by Gasteiger charge is -2.22. The Morgan fingerprint density at radius 1 is 1.12 bits per heavy atom. The summed E-state index contributed by atoms with van der Waals surface area (Å²) in [5.41, 5.74) is 2.22. The van der Waals surface area contributed by atoms with Crippen molar-refractivity contribution in [2.75, 3.05) is 5.32 Å². The molecule has 1 aliphatic rings. The van der Waals surface area contributed by atoms with E-state index in [0.717, 1.165) is 15.3 Å². The molecular formula is C23H23F2N5OS. The smallest absolute Gasteiger partial charge is 0.257 e. The average molecular weight is 456 g/mol. The van der Waals surface area contributed by atoms with Gasteiger partial charge in [0.25, 0.3) is 6.43 Å². The van der Waals surface area contributed by atoms with E-state index in [1.165, 1.54) is 43.0 Å². The highest BCUT2D eigenvalue weighted by Gasteiger charge is 2.15. The van der Waals surface area contributed by atoms with Crippen molar-refractivity contribution < 1.29 is 13.5 Å². The van der Waals surface area contributed by atoms with Gasteiger partial charge in [-0.25, -0.2) is 13.8 Å². The van der Waals surface area contributed by atoms with Crippen LogP contribution >= 0.6 is 11.3 Å². The number of aromatic nitrogens is 4. The quantitative estimate of drug-likeness (QED) is 0.351. The van der Waals surface area contributed by atoms with E-state index >= 15 is 0 Å². The molecular weight excluding hydrogens is 432 g/mol. The van der Waals surface area contributed by atoms with Crippen molar-refractivity contribution in [3.8, 4) is 22.8 Å². The highest BCUT2D eigenvalue weighted by Crippen LogP contribution is 2.33. The summed E-state index contributed by atoms with van der Waals surface area (Å²) in [5, 5.41) is 8.51. The van der Waals surface area contributed by atoms with Gasteiger partial charge in [-0.2, -0.15) is 5.10 Å². The Labute approximate surface area is 188 Å². The fourth-order valence-corrected chi connectivity index (χ4v) is 4.93. The van der Waals surface area contributed by atoms with E-state index in [2.05, 4.69) is 15.4 Å². The normalized spacial score (nSPS) is 14.8. The van der Waals surface area contributed by atoms with Crippen LogP contribution < -0.4 is 10.1 Å². The van der Waals surface area contributed by atoms with Crippen LogP contribution in [0.3, 0.4) is 0 Å². The molecule has 1 saturated carbocycles. The first-order chi connectivity index (χ1) is 15.6. The molecule has 0 atom stereocenters. The molecule has 1 aromatic carbocycles. The Bertz CT molecular complexity index is 1200. The molecule has 4 aromatic rings. The molecule has 5 rings (SSSR count). The van der Waals surface area contributed by atoms with Gasteiger partial charge in [-0.1, -0.05) is 30.6 Å². The van der Waals surface area contributed by atoms with Gasteiger partial charge in [0.15, 0.2) is 5.13 Å². The number of nitrogens with zero attached hydrogens (tertiary/aromatic N) is 4. The SMILES string of the molecule is FC(F)Cn1cc(-c2cc(Oc3ccc4nc(NC5CCCCC5)sc4c3)ccn2)cn1. The molecule has 0 spiro atoms. The summed E-state index contributed by atoms with van der Waals surface area (Å²) >= 11 is 1.64. The second-order valence-corrected chi connectivity index (χ2v) is 8.98. The van der Waals surface area contributed by atoms with Gasteiger partial charge >= 0.3 is 0 Å². The van der Waals surface area contributed by atoms with Gasteiger partial charge in [0.2, 0.25) is 0 Å². The van der Waals surface area contributed by atoms with Crippen molar-refractivity contribution in [1.29, 1.82) is 0 Å². The molecule has 0 aliphatic heterocycles. The predicted molar refractivity (Wildman–Crippen MR) is 122 cm³/mol. The van der Waals surface area contributed by atoms with Crippen molar-refractivity contribution >= 4 is 26.7 Å². The Morgan fingerprint density at radius 2 is 1.97 bits per heavy atom. The van der Waals surface area contributed by atoms with Crippen molar-refractivity contribution in [3.05, 3.63) is 48.9 Å². The van der Waals surface area contributed by atoms with Crippen LogP contribution in [-0.4, -0.2) is 32.2 Å². The third-order valence-corrected chi connectivity index (χ3v) is 6.46. The van der Waals surface area contributed by atoms with Crippen LogP contribution in [0.5, 0.6) is 11.5 Å². The van der Waals surface area contributed by atoms with Gasteiger partial charge < -0.3 is 10.1 Å². The molecule has 166 valence electrons. The van der Waals surface area contributed by atoms with E-state index in [1.807, 2.05) is 18.2 Å². The van der Waals surface area contributed by atoms with Gasteiger partial charge in [-0.15, -0.1) is 0 Å². The number of anilines is 1. The summed E-state index contributed by atoms with van der Waals surface area (Å²) in [5.74, 6) is 1.32. The second kappa shape index (κ2) is 9.20. The predicted octanol–water partition coefficient (Wildman–Crippen LogP) is 6.36. The highest BCUT2D eigenvalue weighted by molar-refractivity contribution is 7.22. The fraction of sp³-hybridized carbons (Fsp3) is 0.348. The molecule has 32 heavy (non-hydrogen) atoms. The number of fused-ring (bicyclic) bond motifs is 1. The van der Waals surface area contributed by atoms with Gasteiger partial charge in [0, 0.05) is 36.1 Å². The third-order valence-electron chi connectivity index (χ3n) is 5.51. The minimum atomic E-state index is -2.45. The largest absolute Gasteiger partial charge is 0.457 e. The van der Waals surface area contributed by atoms with Gasteiger partial charge in [0.1, 0.15) is 18.0 Å². The Hall–Kier alpha value is -3.07. The first-order valence-corrected chi connectivity index (χ1v) is 11.6. The summed E-state index contributed by atoms with van der Waals surface area (Å²) in [4.78, 5) is 9.03. The summed E-state index contributed by atoms with van der Waals surface area (Å²) in [6.07, 6.45) is 8.56. The van der Waals surface area contributed by atoms with E-state index < -0.39 is 13.0 Å². The van der Waals surface area contributed by atoms with Crippen LogP contribution in [0.4, 0.5) is 13.9 Å². The van der Waals surface area contributed by atoms with E-state index in [0.29, 0.717) is 28.8 Å². The number of rotatable bonds is 7. The number of thiazole rings is 1. The minimum absolute atomic E-state index is 0.442. The van der Waals surface area contributed by atoms with Crippen molar-refractivity contribution in [3.63, 3.8) is 0 Å². The monoisotopic (exact) mass is 455 g/mol. The number of hydrogen-bond donors (Lipinski definition) is 1. The van der Waals surface area contributed by atoms with E-state index in [1.54, 1.807) is 35.9 Å². The molecule has 0 radical (unpaired) electrons. The average Bonchev–Trinajstić information content (AvgIpc) is 3.40. The summed E-state index contributed by atoms with van der Waals surface area (Å²) in [6, 6.07) is 9.90. The van der Waals surface area contributed by atoms with Crippen LogP contribution in [0.25, 0.3) is 21.5 Å². The number of halogens is 2. The van der Waals surface area contributed by atoms with E-state index in [-0.39, 0.29) is 0 Å². The van der Waals surface area contributed by atoms with Crippen molar-refractivity contribution in [2.45, 2.75) is 51.1 Å². The maximum atomic E-state index is 12.6. The first kappa shape index (κ1) is 20.8. The number of alkyl halides is 2. The summed E-state index contributed by atoms with van der Waals surface area (Å²) in [7, 11) is 0. The van der Waals surface area contributed by atoms with Crippen LogP contribution in [0.2, 0.25) is 0 Å². The molecule has 0 amide bonds. The van der Waals surface area contributed by atoms with Crippen molar-refractivity contribution in [2.24, 2.45) is 0 Å². The van der Waals surface area contributed by atoms with E-state index in [9.17, 15) is 8.78 Å². The lowest BCUT2D eigenvalue weighted by molar-refractivity contribution is 0.122. The minimum Gasteiger partial charge on any atom is -0.457 e. The molecule has 1 aliphatic carbocycles. The zero-order valence-electron chi connectivity index (χ0n) is 17.4. The summed E-state index contributed by atoms with van der Waals surface area (Å²) in [6.45, 7) is -0.442. The Balaban J connectivity index is 1.30. The maximum Gasteiger partial charge on any atom is 0.257 e. The number of hydrogen-bond acceptors (Lipinski definition) is 6. The van der Waals surface area contributed by atoms with Crippen LogP contribution in [0.1, 0.15) is 32.1 Å². The van der Waals surface area contributed by atoms with Gasteiger partial charge in [-0.05, 0) is 31.0 Å². The molecule has 3 aromatic heterocycles. The lowest BCUT2D eigenvalue weighted by Crippen LogP contribution is -2.21. The zero-order valence-corrected chi connectivity index (χ0v) is 18.2. The lowest BCUT2D eigenvalue weighted by atomic mass is 9.96. The number of ether oxygens (including phenoxy) is 1. The molecule has 0 unspecified atom stereocenters. The van der Waals surface area contributed by atoms with Crippen molar-refractivity contribution in [1.82, 2.24) is 19.7 Å². The molecule has 3 heterocycles. The Kier molecular flexibility index (Phi) is 5.98. The van der Waals surface area contributed by atoms with Crippen LogP contribution in [0.15, 0.2) is 48.9 Å². The number of benzene rings is 1. The Morgan fingerprint density at radius 3 is 2.81 bits per heavy atom. The zero-order chi connectivity index (χ0) is 21.9. The maximum absolute atomic E-state index is 12.6. The molecule has 1 fully saturated rings. The molecule has 9 heteroatoms. The fourth-order valence-electron chi connectivity index (χ4n) is 3.96. The number of nitrogens with one attached hydrogen (secondary N) is 1. The van der Waals surface area contributed by atoms with Crippen LogP contribution in [-0.2, 0) is 6.54 Å². The van der Waals surface area contributed by atoms with E-state index in [4.69, 9.17) is 9.72 Å². The second-order valence-electron chi connectivity index (χ2n) is 7.95. The highest BCUT2D eigenvalue weighted by atomic mass is 32.1. The standard InChI is InChI=1S/C23H23F2N5OS/c24-22(25)14-30-13-15(12-27-30)20-10-18(8-9-26-20)31-17-6-7-19-21(11-17)32-23(29-19)28-16-4-2-1-3-5-16/h6-13,16,22H,1-5,14H2,(H,28,29).